The van der Waals surface area contributed by atoms with Gasteiger partial charge >= 0.3 is 0 Å². The Morgan fingerprint density at radius 2 is 2.16 bits per heavy atom. The number of amides is 1. The molecular formula is C18H22FN3O3. The Balaban J connectivity index is 1.58. The van der Waals surface area contributed by atoms with Gasteiger partial charge in [0.25, 0.3) is 0 Å². The van der Waals surface area contributed by atoms with Crippen LogP contribution in [0, 0.1) is 12.7 Å². The van der Waals surface area contributed by atoms with Crippen LogP contribution in [0.5, 0.6) is 5.75 Å². The average molecular weight is 347 g/mol. The second kappa shape index (κ2) is 7.23. The molecule has 6 nitrogen and oxygen atoms in total. The molecule has 1 saturated heterocycles. The van der Waals surface area contributed by atoms with E-state index in [1.807, 2.05) is 6.92 Å². The molecule has 1 unspecified atom stereocenters. The van der Waals surface area contributed by atoms with E-state index in [9.17, 15) is 14.3 Å². The number of carbonyl (C=O) groups excluding carboxylic acids is 1. The highest BCUT2D eigenvalue weighted by atomic mass is 19.1. The number of benzene rings is 1. The number of piperidine rings is 1. The lowest BCUT2D eigenvalue weighted by atomic mass is 9.93. The number of ether oxygens (including phenoxy) is 1. The summed E-state index contributed by atoms with van der Waals surface area (Å²) >= 11 is 0. The van der Waals surface area contributed by atoms with Crippen LogP contribution in [0.4, 0.5) is 4.39 Å². The summed E-state index contributed by atoms with van der Waals surface area (Å²) < 4.78 is 20.3. The predicted octanol–water partition coefficient (Wildman–Crippen LogP) is 1.76. The highest BCUT2D eigenvalue weighted by Crippen LogP contribution is 2.23. The summed E-state index contributed by atoms with van der Waals surface area (Å²) in [6.07, 6.45) is 4.69. The van der Waals surface area contributed by atoms with Gasteiger partial charge in [-0.05, 0) is 44.0 Å². The number of aryl methyl sites for hydroxylation is 1. The number of imidazole rings is 1. The zero-order chi connectivity index (χ0) is 17.9. The molecule has 0 spiro atoms. The van der Waals surface area contributed by atoms with Crippen LogP contribution in [0.2, 0.25) is 0 Å². The number of rotatable bonds is 5. The van der Waals surface area contributed by atoms with Gasteiger partial charge in [0, 0.05) is 18.9 Å². The molecule has 2 heterocycles. The summed E-state index contributed by atoms with van der Waals surface area (Å²) in [6, 6.07) is 5.66. The van der Waals surface area contributed by atoms with E-state index in [4.69, 9.17) is 4.74 Å². The standard InChI is InChI=1S/C18H22FN3O3/c1-14-20-8-10-21(14)11-17(23)22-9-2-7-18(24,12-22)13-25-16-5-3-15(19)4-6-16/h3-6,8,10,24H,2,7,9,11-13H2,1H3. The third-order valence-corrected chi connectivity index (χ3v) is 4.46. The third-order valence-electron chi connectivity index (χ3n) is 4.46. The molecule has 0 radical (unpaired) electrons. The van der Waals surface area contributed by atoms with Crippen molar-refractivity contribution in [2.24, 2.45) is 0 Å². The van der Waals surface area contributed by atoms with Crippen LogP contribution in [0.25, 0.3) is 0 Å². The molecule has 7 heteroatoms. The van der Waals surface area contributed by atoms with Crippen molar-refractivity contribution in [3.8, 4) is 5.75 Å². The Morgan fingerprint density at radius 1 is 1.40 bits per heavy atom. The lowest BCUT2D eigenvalue weighted by Gasteiger charge is -2.39. The number of aliphatic hydroxyl groups is 1. The molecule has 1 aliphatic rings. The molecule has 134 valence electrons. The van der Waals surface area contributed by atoms with Crippen LogP contribution in [0.15, 0.2) is 36.7 Å². The highest BCUT2D eigenvalue weighted by Gasteiger charge is 2.36. The van der Waals surface area contributed by atoms with Crippen molar-refractivity contribution in [2.75, 3.05) is 19.7 Å². The smallest absolute Gasteiger partial charge is 0.242 e. The van der Waals surface area contributed by atoms with Gasteiger partial charge in [0.1, 0.15) is 36.1 Å². The highest BCUT2D eigenvalue weighted by molar-refractivity contribution is 5.76. The first-order chi connectivity index (χ1) is 12.0. The number of hydrogen-bond acceptors (Lipinski definition) is 4. The maximum absolute atomic E-state index is 12.9. The fourth-order valence-corrected chi connectivity index (χ4v) is 3.01. The number of nitrogens with zero attached hydrogens (tertiary/aromatic N) is 3. The lowest BCUT2D eigenvalue weighted by molar-refractivity contribution is -0.140. The Bertz CT molecular complexity index is 731. The summed E-state index contributed by atoms with van der Waals surface area (Å²) in [6.45, 7) is 2.95. The molecule has 1 aromatic carbocycles. The SMILES string of the molecule is Cc1nccn1CC(=O)N1CCCC(O)(COc2ccc(F)cc2)C1. The molecule has 1 N–H and O–H groups in total. The van der Waals surface area contributed by atoms with Crippen LogP contribution in [-0.2, 0) is 11.3 Å². The van der Waals surface area contributed by atoms with Gasteiger partial charge in [-0.2, -0.15) is 0 Å². The number of likely N-dealkylation sites (tertiary alicyclic amines) is 1. The van der Waals surface area contributed by atoms with Gasteiger partial charge in [-0.3, -0.25) is 4.79 Å². The topological polar surface area (TPSA) is 67.6 Å². The molecule has 25 heavy (non-hydrogen) atoms. The molecule has 0 aliphatic carbocycles. The van der Waals surface area contributed by atoms with E-state index in [2.05, 4.69) is 4.98 Å². The minimum absolute atomic E-state index is 0.0546. The van der Waals surface area contributed by atoms with Crippen LogP contribution in [0.3, 0.4) is 0 Å². The summed E-state index contributed by atoms with van der Waals surface area (Å²) in [5, 5.41) is 10.8. The molecule has 2 aromatic rings. The summed E-state index contributed by atoms with van der Waals surface area (Å²) in [5.74, 6) is 0.879. The third kappa shape index (κ3) is 4.36. The zero-order valence-corrected chi connectivity index (χ0v) is 14.2. The number of aromatic nitrogens is 2. The van der Waals surface area contributed by atoms with Crippen LogP contribution >= 0.6 is 0 Å². The second-order valence-corrected chi connectivity index (χ2v) is 6.49. The monoisotopic (exact) mass is 347 g/mol. The maximum atomic E-state index is 12.9. The molecule has 1 aromatic heterocycles. The summed E-state index contributed by atoms with van der Waals surface area (Å²) in [4.78, 5) is 18.3. The van der Waals surface area contributed by atoms with E-state index in [-0.39, 0.29) is 31.4 Å². The largest absolute Gasteiger partial charge is 0.491 e. The van der Waals surface area contributed by atoms with Gasteiger partial charge in [0.05, 0.1) is 6.54 Å². The minimum atomic E-state index is -1.10. The van der Waals surface area contributed by atoms with Crippen LogP contribution < -0.4 is 4.74 Å². The van der Waals surface area contributed by atoms with E-state index in [0.29, 0.717) is 25.1 Å². The number of carbonyl (C=O) groups is 1. The minimum Gasteiger partial charge on any atom is -0.491 e. The van der Waals surface area contributed by atoms with Gasteiger partial charge in [0.2, 0.25) is 5.91 Å². The van der Waals surface area contributed by atoms with Crippen molar-refractivity contribution in [3.05, 3.63) is 48.3 Å². The van der Waals surface area contributed by atoms with Crippen molar-refractivity contribution in [1.29, 1.82) is 0 Å². The number of halogens is 1. The zero-order valence-electron chi connectivity index (χ0n) is 14.2. The molecule has 0 bridgehead atoms. The van der Waals surface area contributed by atoms with Gasteiger partial charge in [-0.1, -0.05) is 0 Å². The van der Waals surface area contributed by atoms with Gasteiger partial charge in [-0.15, -0.1) is 0 Å². The van der Waals surface area contributed by atoms with Gasteiger partial charge < -0.3 is 19.3 Å². The first-order valence-corrected chi connectivity index (χ1v) is 8.31. The Kier molecular flexibility index (Phi) is 5.03. The van der Waals surface area contributed by atoms with Crippen molar-refractivity contribution in [1.82, 2.24) is 14.5 Å². The normalized spacial score (nSPS) is 20.5. The van der Waals surface area contributed by atoms with Crippen LogP contribution in [-0.4, -0.2) is 50.8 Å². The fraction of sp³-hybridized carbons (Fsp3) is 0.444. The second-order valence-electron chi connectivity index (χ2n) is 6.49. The lowest BCUT2D eigenvalue weighted by Crippen LogP contribution is -2.53. The molecule has 1 atom stereocenters. The Morgan fingerprint density at radius 3 is 2.84 bits per heavy atom. The van der Waals surface area contributed by atoms with Crippen LogP contribution in [0.1, 0.15) is 18.7 Å². The van der Waals surface area contributed by atoms with E-state index in [1.54, 1.807) is 21.9 Å². The summed E-state index contributed by atoms with van der Waals surface area (Å²) in [7, 11) is 0. The van der Waals surface area contributed by atoms with E-state index < -0.39 is 5.60 Å². The molecular weight excluding hydrogens is 325 g/mol. The van der Waals surface area contributed by atoms with Crippen molar-refractivity contribution < 1.29 is 19.0 Å². The molecule has 0 saturated carbocycles. The molecule has 1 amide bonds. The predicted molar refractivity (Wildman–Crippen MR) is 89.6 cm³/mol. The quantitative estimate of drug-likeness (QED) is 0.895. The Hall–Kier alpha value is -2.41. The molecule has 1 aliphatic heterocycles. The summed E-state index contributed by atoms with van der Waals surface area (Å²) in [5.41, 5.74) is -1.10. The Labute approximate surface area is 145 Å². The number of hydrogen-bond donors (Lipinski definition) is 1. The van der Waals surface area contributed by atoms with E-state index >= 15 is 0 Å². The fourth-order valence-electron chi connectivity index (χ4n) is 3.01. The van der Waals surface area contributed by atoms with E-state index in [0.717, 1.165) is 5.82 Å². The van der Waals surface area contributed by atoms with Gasteiger partial charge in [0.15, 0.2) is 0 Å². The van der Waals surface area contributed by atoms with Crippen molar-refractivity contribution in [2.45, 2.75) is 31.9 Å². The average Bonchev–Trinajstić information content (AvgIpc) is 2.99. The van der Waals surface area contributed by atoms with Gasteiger partial charge in [-0.25, -0.2) is 9.37 Å². The number of β-amino-alcohol motifs (C(OH)–C–C–N with tert-alkyl or cyclic N) is 1. The maximum Gasteiger partial charge on any atom is 0.242 e. The van der Waals surface area contributed by atoms with Crippen molar-refractivity contribution >= 4 is 5.91 Å². The molecule has 3 rings (SSSR count). The first kappa shape index (κ1) is 17.4. The first-order valence-electron chi connectivity index (χ1n) is 8.31. The van der Waals surface area contributed by atoms with E-state index in [1.165, 1.54) is 24.3 Å². The van der Waals surface area contributed by atoms with Crippen molar-refractivity contribution in [3.63, 3.8) is 0 Å². The molecule has 1 fully saturated rings.